The molecular weight excluding hydrogens is 1110 g/mol. The minimum absolute atomic E-state index is 0.00540. The van der Waals surface area contributed by atoms with Crippen molar-refractivity contribution in [3.8, 4) is 21.6 Å². The van der Waals surface area contributed by atoms with Crippen molar-refractivity contribution in [1.82, 2.24) is 50.6 Å². The molecule has 21 nitrogen and oxygen atoms in total. The Kier molecular flexibility index (Phi) is 19.5. The Bertz CT molecular complexity index is 3260. The molecule has 6 amide bonds. The van der Waals surface area contributed by atoms with Crippen LogP contribution in [0.15, 0.2) is 71.4 Å². The number of rotatable bonds is 18. The van der Waals surface area contributed by atoms with Gasteiger partial charge in [-0.3, -0.25) is 38.5 Å². The van der Waals surface area contributed by atoms with Crippen LogP contribution in [-0.2, 0) is 36.7 Å². The van der Waals surface area contributed by atoms with E-state index in [9.17, 15) is 51.8 Å². The molecule has 3 saturated heterocycles. The fourth-order valence-corrected chi connectivity index (χ4v) is 11.4. The number of β-amino-alcohol motifs (C(OH)–C–C–N with tert-alkyl or cyclic N) is 1. The molecule has 450 valence electrons. The number of alkyl halides is 3. The lowest BCUT2D eigenvalue weighted by atomic mass is 9.85. The summed E-state index contributed by atoms with van der Waals surface area (Å²) in [7, 11) is 1.95. The third-order valence-corrected chi connectivity index (χ3v) is 16.5. The normalized spacial score (nSPS) is 19.0. The minimum atomic E-state index is -5.02. The molecule has 26 heteroatoms. The quantitative estimate of drug-likeness (QED) is 0.0479. The summed E-state index contributed by atoms with van der Waals surface area (Å²) in [5, 5.41) is 21.6. The number of carbonyl (C=O) groups excluding carboxylic acids is 6. The maximum Gasteiger partial charge on any atom is 0.417 e. The SMILES string of the molecule is Cc1ncsc1-c1ccc(CNC(=O)[C@@H]2C[C@@H](O)CN2C(=O)[C@@H](NC(=O)CCCNC(=O)CCC(=O)N2CCN(c3ncc(-c4cc(NC(=O)c5c[nH]c(=O)cc5C(F)(F)F)c(N5C[C@@H](C)N(C)[C@@H](C)C5)cc4F)cn3)CC2)C(C)(C)C)cc1. The summed E-state index contributed by atoms with van der Waals surface area (Å²) >= 11 is 1.55. The standard InChI is InChI=1S/C58H71F4N13O8S/c1-33-29-74(30-34(2)71(33)7)45-24-43(59)40(22-44(45)69-53(81)41-28-64-49(79)23-42(41)58(60,61)62)38-26-66-56(67-27-38)73-19-17-72(18-20-73)50(80)15-14-47(77)63-16-8-9-48(78)70-52(57(4,5)6)55(83)75-31-39(76)21-46(75)54(82)65-25-36-10-12-37(13-11-36)51-35(3)68-32-84-51/h10-13,22-24,26-28,32-34,39,46,52,76H,8-9,14-21,25,29-31H2,1-7H3,(H,63,77)(H,64,79)(H,65,82)(H,69,81)(H,70,78)/t33-,34+,39-,46+,52-/m1/s1. The monoisotopic (exact) mass is 1190 g/mol. The Morgan fingerprint density at radius 1 is 0.845 bits per heavy atom. The van der Waals surface area contributed by atoms with Gasteiger partial charge >= 0.3 is 6.18 Å². The Hall–Kier alpha value is -7.84. The summed E-state index contributed by atoms with van der Waals surface area (Å²) in [6.07, 6.45) is -2.38. The summed E-state index contributed by atoms with van der Waals surface area (Å²) in [6.45, 7) is 13.7. The van der Waals surface area contributed by atoms with Crippen LogP contribution in [-0.4, -0.2) is 165 Å². The summed E-state index contributed by atoms with van der Waals surface area (Å²) in [5.41, 5.74) is 0.988. The van der Waals surface area contributed by atoms with E-state index in [1.54, 1.807) is 42.5 Å². The van der Waals surface area contributed by atoms with Crippen LogP contribution in [0.1, 0.15) is 93.9 Å². The molecular formula is C58H71F4N13O8S. The van der Waals surface area contributed by atoms with E-state index in [1.807, 2.05) is 61.9 Å². The van der Waals surface area contributed by atoms with Gasteiger partial charge in [-0.1, -0.05) is 45.0 Å². The number of aliphatic hydroxyl groups is 1. The number of likely N-dealkylation sites (N-methyl/N-ethyl adjacent to an activating group) is 1. The number of aromatic amines is 1. The van der Waals surface area contributed by atoms with Crippen LogP contribution in [0.25, 0.3) is 21.6 Å². The van der Waals surface area contributed by atoms with Crippen LogP contribution in [0.4, 0.5) is 34.9 Å². The summed E-state index contributed by atoms with van der Waals surface area (Å²) < 4.78 is 58.2. The number of aliphatic hydroxyl groups excluding tert-OH is 1. The second-order valence-corrected chi connectivity index (χ2v) is 23.6. The van der Waals surface area contributed by atoms with Gasteiger partial charge in [0.1, 0.15) is 17.9 Å². The molecule has 2 aromatic carbocycles. The van der Waals surface area contributed by atoms with E-state index in [0.29, 0.717) is 57.5 Å². The lowest BCUT2D eigenvalue weighted by molar-refractivity contribution is -0.144. The smallest absolute Gasteiger partial charge is 0.391 e. The lowest BCUT2D eigenvalue weighted by Crippen LogP contribution is -2.57. The van der Waals surface area contributed by atoms with Crippen molar-refractivity contribution in [3.05, 3.63) is 105 Å². The molecule has 0 unspecified atom stereocenters. The zero-order valence-corrected chi connectivity index (χ0v) is 48.8. The number of nitrogens with one attached hydrogen (secondary N) is 5. The van der Waals surface area contributed by atoms with E-state index in [2.05, 4.69) is 46.1 Å². The number of pyridine rings is 1. The Labute approximate surface area is 487 Å². The first-order valence-electron chi connectivity index (χ1n) is 27.8. The predicted molar refractivity (Wildman–Crippen MR) is 308 cm³/mol. The van der Waals surface area contributed by atoms with Gasteiger partial charge in [-0.05, 0) is 62.9 Å². The Morgan fingerprint density at radius 3 is 2.15 bits per heavy atom. The van der Waals surface area contributed by atoms with Crippen LogP contribution in [0.3, 0.4) is 0 Å². The lowest BCUT2D eigenvalue weighted by Gasteiger charge is -2.44. The van der Waals surface area contributed by atoms with E-state index < -0.39 is 75.9 Å². The van der Waals surface area contributed by atoms with Gasteiger partial charge in [0.15, 0.2) is 0 Å². The van der Waals surface area contributed by atoms with Crippen LogP contribution >= 0.6 is 11.3 Å². The molecule has 6 N–H and O–H groups in total. The van der Waals surface area contributed by atoms with Gasteiger partial charge in [-0.25, -0.2) is 19.3 Å². The van der Waals surface area contributed by atoms with Crippen LogP contribution in [0.5, 0.6) is 0 Å². The predicted octanol–water partition coefficient (Wildman–Crippen LogP) is 5.34. The van der Waals surface area contributed by atoms with Crippen molar-refractivity contribution >= 4 is 64.1 Å². The van der Waals surface area contributed by atoms with Crippen LogP contribution in [0.2, 0.25) is 0 Å². The zero-order valence-electron chi connectivity index (χ0n) is 47.9. The van der Waals surface area contributed by atoms with Crippen LogP contribution in [0, 0.1) is 18.2 Å². The minimum Gasteiger partial charge on any atom is -0.391 e. The average Bonchev–Trinajstić information content (AvgIpc) is 2.59. The number of anilines is 3. The number of piperazine rings is 2. The van der Waals surface area contributed by atoms with E-state index >= 15 is 4.39 Å². The van der Waals surface area contributed by atoms with Gasteiger partial charge in [-0.2, -0.15) is 13.2 Å². The van der Waals surface area contributed by atoms with E-state index in [0.717, 1.165) is 21.7 Å². The van der Waals surface area contributed by atoms with Crippen LogP contribution < -0.4 is 36.6 Å². The Balaban J connectivity index is 0.786. The maximum absolute atomic E-state index is 16.2. The van der Waals surface area contributed by atoms with Gasteiger partial charge in [0.25, 0.3) is 5.91 Å². The molecule has 84 heavy (non-hydrogen) atoms. The fourth-order valence-electron chi connectivity index (χ4n) is 10.6. The van der Waals surface area contributed by atoms with Crippen molar-refractivity contribution < 1.29 is 51.4 Å². The molecule has 5 atom stereocenters. The second-order valence-electron chi connectivity index (χ2n) is 22.7. The second kappa shape index (κ2) is 26.4. The summed E-state index contributed by atoms with van der Waals surface area (Å²) in [4.78, 5) is 117. The molecule has 0 radical (unpaired) electrons. The molecule has 0 spiro atoms. The van der Waals surface area contributed by atoms with E-state index in [-0.39, 0.29) is 98.1 Å². The number of likely N-dealkylation sites (tertiary alicyclic amines) is 1. The fraction of sp³-hybridized carbons (Fsp3) is 0.483. The average molecular weight is 1190 g/mol. The van der Waals surface area contributed by atoms with Crippen molar-refractivity contribution in [1.29, 1.82) is 0 Å². The number of aromatic nitrogens is 4. The topological polar surface area (TPSA) is 258 Å². The van der Waals surface area contributed by atoms with Crippen molar-refractivity contribution in [3.63, 3.8) is 0 Å². The van der Waals surface area contributed by atoms with Crippen molar-refractivity contribution in [2.75, 3.05) is 74.5 Å². The summed E-state index contributed by atoms with van der Waals surface area (Å²) in [5.74, 6) is -3.55. The van der Waals surface area contributed by atoms with Gasteiger partial charge in [0, 0.05) is 132 Å². The summed E-state index contributed by atoms with van der Waals surface area (Å²) in [6, 6.07) is 8.64. The number of H-pyrrole nitrogens is 1. The first kappa shape index (κ1) is 62.2. The molecule has 3 aliphatic heterocycles. The molecule has 5 aromatic rings. The number of benzene rings is 2. The number of hydrogen-bond donors (Lipinski definition) is 6. The first-order valence-corrected chi connectivity index (χ1v) is 28.7. The van der Waals surface area contributed by atoms with Crippen molar-refractivity contribution in [2.45, 2.75) is 117 Å². The number of nitrogens with zero attached hydrogens (tertiary/aromatic N) is 8. The third-order valence-electron chi connectivity index (χ3n) is 15.6. The highest BCUT2D eigenvalue weighted by atomic mass is 32.1. The Morgan fingerprint density at radius 2 is 1.52 bits per heavy atom. The highest BCUT2D eigenvalue weighted by Crippen LogP contribution is 2.38. The van der Waals surface area contributed by atoms with Gasteiger partial charge in [-0.15, -0.1) is 11.3 Å². The molecule has 3 aliphatic rings. The molecule has 0 aliphatic carbocycles. The molecule has 0 bridgehead atoms. The third kappa shape index (κ3) is 15.1. The van der Waals surface area contributed by atoms with E-state index in [1.165, 1.54) is 29.4 Å². The van der Waals surface area contributed by atoms with Crippen molar-refractivity contribution in [2.24, 2.45) is 5.41 Å². The molecule has 3 aromatic heterocycles. The van der Waals surface area contributed by atoms with Gasteiger partial charge in [0.2, 0.25) is 41.0 Å². The number of amides is 6. The number of hydrogen-bond acceptors (Lipinski definition) is 15. The highest BCUT2D eigenvalue weighted by molar-refractivity contribution is 7.13. The molecule has 6 heterocycles. The molecule has 8 rings (SSSR count). The molecule has 3 fully saturated rings. The highest BCUT2D eigenvalue weighted by Gasteiger charge is 2.45. The van der Waals surface area contributed by atoms with Gasteiger partial charge < -0.3 is 51.0 Å². The molecule has 0 saturated carbocycles. The number of carbonyl (C=O) groups is 6. The first-order chi connectivity index (χ1) is 39.7. The maximum atomic E-state index is 16.2. The van der Waals surface area contributed by atoms with Gasteiger partial charge in [0.05, 0.1) is 44.7 Å². The van der Waals surface area contributed by atoms with E-state index in [4.69, 9.17) is 0 Å². The number of thiazole rings is 1. The number of halogens is 4. The number of aryl methyl sites for hydroxylation is 1. The largest absolute Gasteiger partial charge is 0.417 e. The zero-order chi connectivity index (χ0) is 60.8.